The van der Waals surface area contributed by atoms with Gasteiger partial charge in [-0.05, 0) is 5.56 Å². The Bertz CT molecular complexity index is 389. The molecule has 1 aromatic rings. The molecule has 2 rings (SSSR count). The van der Waals surface area contributed by atoms with Gasteiger partial charge in [0.15, 0.2) is 0 Å². The van der Waals surface area contributed by atoms with Gasteiger partial charge in [-0.1, -0.05) is 30.3 Å². The second-order valence-corrected chi connectivity index (χ2v) is 3.55. The minimum atomic E-state index is -0.170. The van der Waals surface area contributed by atoms with Crippen molar-refractivity contribution in [1.82, 2.24) is 10.4 Å². The van der Waals surface area contributed by atoms with Crippen LogP contribution in [0, 0.1) is 0 Å². The Morgan fingerprint density at radius 2 is 2.07 bits per heavy atom. The van der Waals surface area contributed by atoms with Crippen LogP contribution in [0.1, 0.15) is 24.9 Å². The molecule has 1 aromatic carbocycles. The lowest BCUT2D eigenvalue weighted by molar-refractivity contribution is -0.135. The fourth-order valence-corrected chi connectivity index (χ4v) is 1.77. The summed E-state index contributed by atoms with van der Waals surface area (Å²) in [5, 5.41) is 1.39. The van der Waals surface area contributed by atoms with Gasteiger partial charge in [0.25, 0.3) is 0 Å². The molecule has 15 heavy (non-hydrogen) atoms. The highest BCUT2D eigenvalue weighted by molar-refractivity contribution is 5.85. The lowest BCUT2D eigenvalue weighted by atomic mass is 10.0. The van der Waals surface area contributed by atoms with Gasteiger partial charge in [0, 0.05) is 6.92 Å². The highest BCUT2D eigenvalue weighted by atomic mass is 16.2. The van der Waals surface area contributed by atoms with Crippen LogP contribution >= 0.6 is 0 Å². The lowest BCUT2D eigenvalue weighted by Crippen LogP contribution is -2.38. The van der Waals surface area contributed by atoms with Gasteiger partial charge in [0.2, 0.25) is 11.8 Å². The van der Waals surface area contributed by atoms with Crippen LogP contribution in [0.4, 0.5) is 0 Å². The molecule has 0 radical (unpaired) electrons. The number of rotatable bonds is 1. The molecule has 78 valence electrons. The molecule has 0 aliphatic carbocycles. The van der Waals surface area contributed by atoms with E-state index >= 15 is 0 Å². The topological polar surface area (TPSA) is 49.4 Å². The first-order valence-electron chi connectivity index (χ1n) is 4.82. The van der Waals surface area contributed by atoms with Crippen molar-refractivity contribution in [1.29, 1.82) is 0 Å². The molecule has 0 spiro atoms. The van der Waals surface area contributed by atoms with Gasteiger partial charge in [-0.2, -0.15) is 0 Å². The molecule has 1 heterocycles. The van der Waals surface area contributed by atoms with Crippen LogP contribution < -0.4 is 5.43 Å². The fourth-order valence-electron chi connectivity index (χ4n) is 1.77. The minimum Gasteiger partial charge on any atom is -0.273 e. The second-order valence-electron chi connectivity index (χ2n) is 3.55. The summed E-state index contributed by atoms with van der Waals surface area (Å²) in [7, 11) is 0. The number of carbonyl (C=O) groups excluding carboxylic acids is 2. The van der Waals surface area contributed by atoms with Crippen molar-refractivity contribution in [3.8, 4) is 0 Å². The molecular weight excluding hydrogens is 192 g/mol. The van der Waals surface area contributed by atoms with E-state index in [4.69, 9.17) is 0 Å². The Morgan fingerprint density at radius 1 is 1.40 bits per heavy atom. The van der Waals surface area contributed by atoms with Crippen molar-refractivity contribution in [2.45, 2.75) is 19.4 Å². The van der Waals surface area contributed by atoms with E-state index < -0.39 is 0 Å². The summed E-state index contributed by atoms with van der Waals surface area (Å²) >= 11 is 0. The largest absolute Gasteiger partial charge is 0.273 e. The number of nitrogens with one attached hydrogen (secondary N) is 1. The summed E-state index contributed by atoms with van der Waals surface area (Å²) in [5.41, 5.74) is 3.52. The highest BCUT2D eigenvalue weighted by Crippen LogP contribution is 2.26. The quantitative estimate of drug-likeness (QED) is 0.742. The average molecular weight is 204 g/mol. The number of amides is 2. The predicted octanol–water partition coefficient (Wildman–Crippen LogP) is 1.01. The molecule has 1 atom stereocenters. The average Bonchev–Trinajstić information content (AvgIpc) is 2.62. The van der Waals surface area contributed by atoms with E-state index in [0.717, 1.165) is 5.56 Å². The van der Waals surface area contributed by atoms with Crippen LogP contribution in [0.2, 0.25) is 0 Å². The van der Waals surface area contributed by atoms with Crippen LogP contribution in [0.5, 0.6) is 0 Å². The predicted molar refractivity (Wildman–Crippen MR) is 54.5 cm³/mol. The number of carbonyl (C=O) groups is 2. The molecule has 1 fully saturated rings. The number of hydrogen-bond donors (Lipinski definition) is 1. The van der Waals surface area contributed by atoms with Crippen molar-refractivity contribution in [2.24, 2.45) is 0 Å². The van der Waals surface area contributed by atoms with Gasteiger partial charge in [-0.25, -0.2) is 5.01 Å². The van der Waals surface area contributed by atoms with Gasteiger partial charge in [0.1, 0.15) is 0 Å². The molecule has 0 bridgehead atoms. The summed E-state index contributed by atoms with van der Waals surface area (Å²) < 4.78 is 0. The Kier molecular flexibility index (Phi) is 2.41. The summed E-state index contributed by atoms with van der Waals surface area (Å²) in [6.45, 7) is 1.45. The minimum absolute atomic E-state index is 0.112. The number of hydrazine groups is 1. The smallest absolute Gasteiger partial charge is 0.241 e. The molecule has 4 nitrogen and oxygen atoms in total. The van der Waals surface area contributed by atoms with Crippen molar-refractivity contribution in [3.05, 3.63) is 35.9 Å². The van der Waals surface area contributed by atoms with Gasteiger partial charge < -0.3 is 0 Å². The van der Waals surface area contributed by atoms with E-state index in [-0.39, 0.29) is 17.9 Å². The summed E-state index contributed by atoms with van der Waals surface area (Å²) in [4.78, 5) is 22.5. The lowest BCUT2D eigenvalue weighted by Gasteiger charge is -2.21. The van der Waals surface area contributed by atoms with Crippen LogP contribution in [-0.4, -0.2) is 16.8 Å². The van der Waals surface area contributed by atoms with Gasteiger partial charge in [0.05, 0.1) is 12.5 Å². The maximum Gasteiger partial charge on any atom is 0.241 e. The normalized spacial score (nSPS) is 20.2. The molecule has 4 heteroatoms. The van der Waals surface area contributed by atoms with Gasteiger partial charge >= 0.3 is 0 Å². The molecule has 0 aromatic heterocycles. The first kappa shape index (κ1) is 9.71. The molecular formula is C11H12N2O2. The third kappa shape index (κ3) is 1.83. The molecule has 1 aliphatic heterocycles. The second kappa shape index (κ2) is 3.73. The molecule has 0 saturated carbocycles. The first-order chi connectivity index (χ1) is 7.18. The van der Waals surface area contributed by atoms with Crippen LogP contribution in [0.3, 0.4) is 0 Å². The number of hydrogen-bond acceptors (Lipinski definition) is 2. The first-order valence-corrected chi connectivity index (χ1v) is 4.82. The van der Waals surface area contributed by atoms with Crippen molar-refractivity contribution in [2.75, 3.05) is 0 Å². The highest BCUT2D eigenvalue weighted by Gasteiger charge is 2.32. The number of nitrogens with zero attached hydrogens (tertiary/aromatic N) is 1. The molecule has 1 aliphatic rings. The molecule has 1 unspecified atom stereocenters. The molecule has 1 saturated heterocycles. The summed E-state index contributed by atoms with van der Waals surface area (Å²) in [6.07, 6.45) is 0.337. The summed E-state index contributed by atoms with van der Waals surface area (Å²) in [6, 6.07) is 9.37. The maximum absolute atomic E-state index is 11.3. The van der Waals surface area contributed by atoms with Crippen molar-refractivity contribution < 1.29 is 9.59 Å². The van der Waals surface area contributed by atoms with Gasteiger partial charge in [-0.15, -0.1) is 0 Å². The van der Waals surface area contributed by atoms with E-state index in [1.54, 1.807) is 0 Å². The Hall–Kier alpha value is -1.84. The fraction of sp³-hybridized carbons (Fsp3) is 0.273. The zero-order chi connectivity index (χ0) is 10.8. The van der Waals surface area contributed by atoms with Crippen LogP contribution in [-0.2, 0) is 9.59 Å². The van der Waals surface area contributed by atoms with Crippen molar-refractivity contribution >= 4 is 11.8 Å². The molecule has 2 amide bonds. The zero-order valence-corrected chi connectivity index (χ0v) is 8.43. The van der Waals surface area contributed by atoms with Gasteiger partial charge in [-0.3, -0.25) is 15.0 Å². The van der Waals surface area contributed by atoms with E-state index in [2.05, 4.69) is 5.43 Å². The van der Waals surface area contributed by atoms with Crippen LogP contribution in [0.25, 0.3) is 0 Å². The van der Waals surface area contributed by atoms with E-state index in [1.165, 1.54) is 11.9 Å². The van der Waals surface area contributed by atoms with Crippen LogP contribution in [0.15, 0.2) is 30.3 Å². The standard InChI is InChI=1S/C11H12N2O2/c1-8(14)13-10(7-11(15)12-13)9-5-3-2-4-6-9/h2-6,10H,7H2,1H3,(H,12,15). The van der Waals surface area contributed by atoms with E-state index in [1.807, 2.05) is 30.3 Å². The monoisotopic (exact) mass is 204 g/mol. The SMILES string of the molecule is CC(=O)N1NC(=O)CC1c1ccccc1. The summed E-state index contributed by atoms with van der Waals surface area (Å²) in [5.74, 6) is -0.256. The third-order valence-corrected chi connectivity index (χ3v) is 2.46. The zero-order valence-electron chi connectivity index (χ0n) is 8.43. The molecule has 1 N–H and O–H groups in total. The maximum atomic E-state index is 11.3. The Morgan fingerprint density at radius 3 is 2.67 bits per heavy atom. The Balaban J connectivity index is 2.28. The van der Waals surface area contributed by atoms with E-state index in [9.17, 15) is 9.59 Å². The van der Waals surface area contributed by atoms with Crippen molar-refractivity contribution in [3.63, 3.8) is 0 Å². The Labute approximate surface area is 87.9 Å². The number of benzene rings is 1. The third-order valence-electron chi connectivity index (χ3n) is 2.46. The van der Waals surface area contributed by atoms with E-state index in [0.29, 0.717) is 6.42 Å².